The normalized spacial score (nSPS) is 53.4. The fourth-order valence-electron chi connectivity index (χ4n) is 7.17. The van der Waals surface area contributed by atoms with Gasteiger partial charge in [0, 0.05) is 5.41 Å². The van der Waals surface area contributed by atoms with Crippen LogP contribution in [-0.4, -0.2) is 21.9 Å². The molecule has 4 aliphatic carbocycles. The first-order chi connectivity index (χ1) is 11.3. The molecule has 7 atom stereocenters. The van der Waals surface area contributed by atoms with Crippen molar-refractivity contribution in [2.45, 2.75) is 83.3 Å². The molecule has 4 aliphatic rings. The Morgan fingerprint density at radius 3 is 2.67 bits per heavy atom. The van der Waals surface area contributed by atoms with Crippen LogP contribution in [-0.2, 0) is 0 Å². The lowest BCUT2D eigenvalue weighted by molar-refractivity contribution is -0.122. The minimum Gasteiger partial charge on any atom is -0.393 e. The molecular formula is C21H31NO2. The van der Waals surface area contributed by atoms with Crippen molar-refractivity contribution in [3.63, 3.8) is 0 Å². The number of allylic oxidation sites excluding steroid dienone is 1. The van der Waals surface area contributed by atoms with Crippen LogP contribution in [0.15, 0.2) is 11.6 Å². The molecule has 0 saturated heterocycles. The van der Waals surface area contributed by atoms with Crippen LogP contribution in [0.3, 0.4) is 0 Å². The molecule has 0 amide bonds. The Bertz CT molecular complexity index is 607. The zero-order chi connectivity index (χ0) is 17.2. The summed E-state index contributed by atoms with van der Waals surface area (Å²) in [5, 5.41) is 30.5. The van der Waals surface area contributed by atoms with E-state index in [1.807, 2.05) is 0 Å². The predicted octanol–water partition coefficient (Wildman–Crippen LogP) is 3.95. The lowest BCUT2D eigenvalue weighted by Crippen LogP contribution is -2.54. The molecule has 0 bridgehead atoms. The monoisotopic (exact) mass is 329 g/mol. The predicted molar refractivity (Wildman–Crippen MR) is 92.9 cm³/mol. The van der Waals surface area contributed by atoms with Crippen molar-refractivity contribution in [1.29, 1.82) is 5.26 Å². The molecule has 0 unspecified atom stereocenters. The fourth-order valence-corrected chi connectivity index (χ4v) is 7.17. The fraction of sp³-hybridized carbons (Fsp3) is 0.857. The molecule has 3 saturated carbocycles. The summed E-state index contributed by atoms with van der Waals surface area (Å²) >= 11 is 0. The number of hydrogen-bond acceptors (Lipinski definition) is 3. The Kier molecular flexibility index (Phi) is 3.68. The third kappa shape index (κ3) is 2.02. The summed E-state index contributed by atoms with van der Waals surface area (Å²) in [5.74, 6) is 1.86. The van der Waals surface area contributed by atoms with Gasteiger partial charge in [-0.1, -0.05) is 25.5 Å². The molecular weight excluding hydrogens is 298 g/mol. The number of fused-ring (bicyclic) bond motifs is 5. The standard InChI is InChI=1S/C21H31NO2/c1-19-8-5-15(23)13-14(19)3-4-16-17(19)6-9-20(2)18(16)7-10-21(20,24)11-12-22/h3,15-18,23-24H,4-11,13H2,1-2H3/t15-,16+,17-,18-,19-,20-,21+/m0/s1. The number of aliphatic hydroxyl groups excluding tert-OH is 1. The van der Waals surface area contributed by atoms with E-state index in [9.17, 15) is 15.5 Å². The van der Waals surface area contributed by atoms with Crippen molar-refractivity contribution >= 4 is 0 Å². The first kappa shape index (κ1) is 16.6. The first-order valence-corrected chi connectivity index (χ1v) is 9.81. The Balaban J connectivity index is 1.67. The van der Waals surface area contributed by atoms with Gasteiger partial charge in [-0.2, -0.15) is 5.26 Å². The number of nitriles is 1. The summed E-state index contributed by atoms with van der Waals surface area (Å²) in [6, 6.07) is 2.25. The second kappa shape index (κ2) is 5.32. The van der Waals surface area contributed by atoms with E-state index in [-0.39, 0.29) is 23.4 Å². The molecule has 0 spiro atoms. The van der Waals surface area contributed by atoms with Gasteiger partial charge in [0.05, 0.1) is 24.2 Å². The molecule has 24 heavy (non-hydrogen) atoms. The van der Waals surface area contributed by atoms with E-state index in [0.717, 1.165) is 51.4 Å². The number of rotatable bonds is 1. The molecule has 0 aromatic heterocycles. The molecule has 3 heteroatoms. The van der Waals surface area contributed by atoms with Gasteiger partial charge in [-0.15, -0.1) is 0 Å². The number of nitrogens with zero attached hydrogens (tertiary/aromatic N) is 1. The van der Waals surface area contributed by atoms with Gasteiger partial charge in [-0.25, -0.2) is 0 Å². The van der Waals surface area contributed by atoms with Gasteiger partial charge in [-0.05, 0) is 74.5 Å². The summed E-state index contributed by atoms with van der Waals surface area (Å²) in [7, 11) is 0. The molecule has 0 heterocycles. The lowest BCUT2D eigenvalue weighted by Gasteiger charge is -2.58. The van der Waals surface area contributed by atoms with Crippen molar-refractivity contribution < 1.29 is 10.2 Å². The lowest BCUT2D eigenvalue weighted by atomic mass is 9.47. The number of hydrogen-bond donors (Lipinski definition) is 2. The summed E-state index contributed by atoms with van der Waals surface area (Å²) in [6.07, 6.45) is 10.6. The maximum atomic E-state index is 11.2. The summed E-state index contributed by atoms with van der Waals surface area (Å²) in [4.78, 5) is 0. The topological polar surface area (TPSA) is 64.2 Å². The average molecular weight is 329 g/mol. The van der Waals surface area contributed by atoms with E-state index < -0.39 is 5.60 Å². The second-order valence-corrected chi connectivity index (χ2v) is 9.52. The van der Waals surface area contributed by atoms with Crippen LogP contribution >= 0.6 is 0 Å². The van der Waals surface area contributed by atoms with Gasteiger partial charge in [0.1, 0.15) is 0 Å². The van der Waals surface area contributed by atoms with E-state index in [4.69, 9.17) is 0 Å². The van der Waals surface area contributed by atoms with Crippen LogP contribution in [0.1, 0.15) is 71.6 Å². The van der Waals surface area contributed by atoms with Crippen LogP contribution in [0.5, 0.6) is 0 Å². The third-order valence-corrected chi connectivity index (χ3v) is 8.77. The van der Waals surface area contributed by atoms with Gasteiger partial charge < -0.3 is 10.2 Å². The smallest absolute Gasteiger partial charge is 0.0833 e. The van der Waals surface area contributed by atoms with Gasteiger partial charge in [0.2, 0.25) is 0 Å². The van der Waals surface area contributed by atoms with Gasteiger partial charge in [0.25, 0.3) is 0 Å². The molecule has 0 aliphatic heterocycles. The highest BCUT2D eigenvalue weighted by Crippen LogP contribution is 2.67. The Hall–Kier alpha value is -0.850. The molecule has 3 fully saturated rings. The quantitative estimate of drug-likeness (QED) is 0.716. The zero-order valence-corrected chi connectivity index (χ0v) is 15.1. The van der Waals surface area contributed by atoms with Crippen LogP contribution in [0.4, 0.5) is 0 Å². The molecule has 2 N–H and O–H groups in total. The molecule has 0 aromatic carbocycles. The van der Waals surface area contributed by atoms with Gasteiger partial charge >= 0.3 is 0 Å². The van der Waals surface area contributed by atoms with Gasteiger partial charge in [0.15, 0.2) is 0 Å². The van der Waals surface area contributed by atoms with E-state index in [1.54, 1.807) is 0 Å². The van der Waals surface area contributed by atoms with Crippen molar-refractivity contribution in [2.75, 3.05) is 0 Å². The highest BCUT2D eigenvalue weighted by atomic mass is 16.3. The molecule has 4 rings (SSSR count). The summed E-state index contributed by atoms with van der Waals surface area (Å²) < 4.78 is 0. The first-order valence-electron chi connectivity index (χ1n) is 9.81. The SMILES string of the molecule is C[C@]12CC[C@H](O)CC1=CC[C@@H]1[C@@H]2CC[C@@]2(C)[C@H]1CC[C@@]2(O)CC#N. The van der Waals surface area contributed by atoms with E-state index >= 15 is 0 Å². The van der Waals surface area contributed by atoms with E-state index in [1.165, 1.54) is 5.57 Å². The van der Waals surface area contributed by atoms with E-state index in [2.05, 4.69) is 26.0 Å². The zero-order valence-electron chi connectivity index (χ0n) is 15.1. The highest BCUT2D eigenvalue weighted by molar-refractivity contribution is 5.26. The summed E-state index contributed by atoms with van der Waals surface area (Å²) in [6.45, 7) is 4.69. The largest absolute Gasteiger partial charge is 0.393 e. The highest BCUT2D eigenvalue weighted by Gasteiger charge is 2.63. The Morgan fingerprint density at radius 2 is 1.92 bits per heavy atom. The summed E-state index contributed by atoms with van der Waals surface area (Å²) in [5.41, 5.74) is 0.862. The minimum atomic E-state index is -0.787. The van der Waals surface area contributed by atoms with Crippen molar-refractivity contribution in [3.05, 3.63) is 11.6 Å². The third-order valence-electron chi connectivity index (χ3n) is 8.77. The van der Waals surface area contributed by atoms with E-state index in [0.29, 0.717) is 17.8 Å². The van der Waals surface area contributed by atoms with Crippen LogP contribution in [0.25, 0.3) is 0 Å². The minimum absolute atomic E-state index is 0.0974. The van der Waals surface area contributed by atoms with Crippen LogP contribution in [0, 0.1) is 39.9 Å². The maximum absolute atomic E-state index is 11.2. The van der Waals surface area contributed by atoms with Crippen molar-refractivity contribution in [1.82, 2.24) is 0 Å². The number of aliphatic hydroxyl groups is 2. The Morgan fingerprint density at radius 1 is 1.17 bits per heavy atom. The molecule has 0 aromatic rings. The van der Waals surface area contributed by atoms with Crippen molar-refractivity contribution in [2.24, 2.45) is 28.6 Å². The average Bonchev–Trinajstić information content (AvgIpc) is 2.80. The Labute approximate surface area is 145 Å². The molecule has 3 nitrogen and oxygen atoms in total. The maximum Gasteiger partial charge on any atom is 0.0833 e. The van der Waals surface area contributed by atoms with Crippen LogP contribution in [0.2, 0.25) is 0 Å². The second-order valence-electron chi connectivity index (χ2n) is 9.52. The molecule has 132 valence electrons. The van der Waals surface area contributed by atoms with Gasteiger partial charge in [-0.3, -0.25) is 0 Å². The molecule has 0 radical (unpaired) electrons. The van der Waals surface area contributed by atoms with Crippen LogP contribution < -0.4 is 0 Å². The van der Waals surface area contributed by atoms with Crippen molar-refractivity contribution in [3.8, 4) is 6.07 Å².